The molecular weight excluding hydrogens is 170 g/mol. The normalized spacial score (nSPS) is 8.20. The third-order valence-electron chi connectivity index (χ3n) is 0.733. The van der Waals surface area contributed by atoms with Crippen LogP contribution < -0.4 is 0 Å². The molecule has 0 aromatic carbocycles. The highest BCUT2D eigenvalue weighted by atomic mass is 31.0. The minimum absolute atomic E-state index is 0.175. The maximum atomic E-state index is 10.4. The first kappa shape index (κ1) is 10.4. The van der Waals surface area contributed by atoms with Gasteiger partial charge in [0, 0.05) is 0 Å². The van der Waals surface area contributed by atoms with E-state index in [1.54, 1.807) is 0 Å². The monoisotopic (exact) mass is 178 g/mol. The summed E-state index contributed by atoms with van der Waals surface area (Å²) in [5.41, 5.74) is 0. The smallest absolute Gasteiger partial charge is 0.424 e. The third-order valence-corrected chi connectivity index (χ3v) is 1.13. The molecule has 0 fully saturated rings. The van der Waals surface area contributed by atoms with Gasteiger partial charge in [-0.15, -0.1) is 0 Å². The SMILES string of the molecule is O=C(BBOBOP)OP. The summed E-state index contributed by atoms with van der Waals surface area (Å²) < 4.78 is 13.6. The molecule has 0 rings (SSSR count). The van der Waals surface area contributed by atoms with Crippen molar-refractivity contribution in [2.45, 2.75) is 0 Å². The summed E-state index contributed by atoms with van der Waals surface area (Å²) in [6.45, 7) is 0. The van der Waals surface area contributed by atoms with Crippen LogP contribution in [0.4, 0.5) is 4.79 Å². The van der Waals surface area contributed by atoms with E-state index in [1.165, 1.54) is 0 Å². The predicted octanol–water partition coefficient (Wildman–Crippen LogP) is -1.29. The molecule has 0 saturated heterocycles. The van der Waals surface area contributed by atoms with Gasteiger partial charge in [-0.1, -0.05) is 0 Å². The Morgan fingerprint density at radius 1 is 1.40 bits per heavy atom. The lowest BCUT2D eigenvalue weighted by atomic mass is 9.50. The van der Waals surface area contributed by atoms with Gasteiger partial charge >= 0.3 is 7.69 Å². The molecule has 0 aliphatic rings. The molecule has 0 saturated carbocycles. The molecule has 0 amide bonds. The summed E-state index contributed by atoms with van der Waals surface area (Å²) in [5.74, 6) is -0.311. The molecule has 0 aromatic rings. The summed E-state index contributed by atoms with van der Waals surface area (Å²) in [6, 6.07) is 0. The van der Waals surface area contributed by atoms with Gasteiger partial charge in [0.05, 0.1) is 9.47 Å². The Labute approximate surface area is 66.1 Å². The van der Waals surface area contributed by atoms with Gasteiger partial charge in [-0.25, -0.2) is 0 Å². The molecule has 0 spiro atoms. The molecule has 9 heteroatoms. The van der Waals surface area contributed by atoms with Gasteiger partial charge in [0.1, 0.15) is 0 Å². The van der Waals surface area contributed by atoms with E-state index in [0.29, 0.717) is 7.37 Å². The summed E-state index contributed by atoms with van der Waals surface area (Å²) in [4.78, 5) is 10.4. The van der Waals surface area contributed by atoms with Gasteiger partial charge in [0.25, 0.3) is 7.17 Å². The Kier molecular flexibility index (Phi) is 7.89. The zero-order valence-electron chi connectivity index (χ0n) is 5.41. The van der Waals surface area contributed by atoms with Crippen LogP contribution in [0.5, 0.6) is 0 Å². The van der Waals surface area contributed by atoms with E-state index in [1.807, 2.05) is 18.9 Å². The maximum absolute atomic E-state index is 10.4. The van der Waals surface area contributed by atoms with Gasteiger partial charge in [-0.05, 0) is 9.47 Å². The Hall–Kier alpha value is 0.445. The predicted molar refractivity (Wildman–Crippen MR) is 49.5 cm³/mol. The van der Waals surface area contributed by atoms with Crippen molar-refractivity contribution in [2.24, 2.45) is 0 Å². The van der Waals surface area contributed by atoms with E-state index in [2.05, 4.69) is 8.96 Å². The Bertz CT molecular complexity index is 101. The third kappa shape index (κ3) is 6.56. The lowest BCUT2D eigenvalue weighted by molar-refractivity contribution is 0.232. The first-order valence-corrected chi connectivity index (χ1v) is 3.54. The van der Waals surface area contributed by atoms with Crippen molar-refractivity contribution in [2.75, 3.05) is 0 Å². The quantitative estimate of drug-likeness (QED) is 0.298. The maximum Gasteiger partial charge on any atom is 0.424 e. The number of rotatable bonds is 5. The average molecular weight is 177 g/mol. The summed E-state index contributed by atoms with van der Waals surface area (Å²) in [6.07, 6.45) is 0. The number of carbonyl (C=O) groups is 1. The van der Waals surface area contributed by atoms with E-state index in [-0.39, 0.29) is 20.7 Å². The van der Waals surface area contributed by atoms with Crippen molar-refractivity contribution in [1.82, 2.24) is 0 Å². The van der Waals surface area contributed by atoms with Crippen LogP contribution in [0.15, 0.2) is 0 Å². The molecule has 10 heavy (non-hydrogen) atoms. The minimum Gasteiger partial charge on any atom is -0.486 e. The zero-order chi connectivity index (χ0) is 7.82. The van der Waals surface area contributed by atoms with Crippen LogP contribution in [0.1, 0.15) is 0 Å². The van der Waals surface area contributed by atoms with Crippen molar-refractivity contribution in [1.29, 1.82) is 0 Å². The summed E-state index contributed by atoms with van der Waals surface area (Å²) >= 11 is 0. The van der Waals surface area contributed by atoms with Crippen molar-refractivity contribution in [3.63, 3.8) is 0 Å². The van der Waals surface area contributed by atoms with Crippen LogP contribution in [-0.4, -0.2) is 28.1 Å². The van der Waals surface area contributed by atoms with E-state index < -0.39 is 0 Å². The van der Waals surface area contributed by atoms with Crippen LogP contribution in [0, 0.1) is 0 Å². The Morgan fingerprint density at radius 3 is 2.60 bits per heavy atom. The van der Waals surface area contributed by atoms with E-state index in [4.69, 9.17) is 4.57 Å². The average Bonchev–Trinajstić information content (AvgIpc) is 1.98. The minimum atomic E-state index is -0.311. The van der Waals surface area contributed by atoms with E-state index in [0.717, 1.165) is 0 Å². The second-order valence-electron chi connectivity index (χ2n) is 1.43. The van der Waals surface area contributed by atoms with Crippen molar-refractivity contribution < 1.29 is 18.3 Å². The van der Waals surface area contributed by atoms with E-state index >= 15 is 0 Å². The standard InChI is InChI=1S/CH7B3O4P2/c5-1(6-9)2-3-7-4-8-10/h2-4H,9-10H2. The molecule has 2 atom stereocenters. The number of hydrogen-bond acceptors (Lipinski definition) is 4. The zero-order valence-corrected chi connectivity index (χ0v) is 7.72. The second kappa shape index (κ2) is 7.55. The highest BCUT2D eigenvalue weighted by Gasteiger charge is 2.04. The highest BCUT2D eigenvalue weighted by Crippen LogP contribution is 1.86. The van der Waals surface area contributed by atoms with Crippen molar-refractivity contribution >= 4 is 47.0 Å². The first-order valence-electron chi connectivity index (χ1n) is 2.60. The lowest BCUT2D eigenvalue weighted by Gasteiger charge is -1.96. The molecule has 2 unspecified atom stereocenters. The topological polar surface area (TPSA) is 44.8 Å². The molecule has 0 aromatic heterocycles. The van der Waals surface area contributed by atoms with Crippen LogP contribution in [0.3, 0.4) is 0 Å². The molecule has 0 aliphatic carbocycles. The molecular formula is CH7B3O4P2. The first-order chi connectivity index (χ1) is 4.81. The van der Waals surface area contributed by atoms with Crippen molar-refractivity contribution in [3.8, 4) is 0 Å². The molecule has 0 N–H and O–H groups in total. The van der Waals surface area contributed by atoms with Crippen LogP contribution in [0.25, 0.3) is 0 Å². The highest BCUT2D eigenvalue weighted by molar-refractivity contribution is 7.18. The summed E-state index contributed by atoms with van der Waals surface area (Å²) in [5, 5.41) is 0. The fraction of sp³-hybridized carbons (Fsp3) is 0. The van der Waals surface area contributed by atoms with Crippen LogP contribution >= 0.6 is 18.9 Å². The molecule has 0 aliphatic heterocycles. The second-order valence-corrected chi connectivity index (χ2v) is 2.00. The Morgan fingerprint density at radius 2 is 2.10 bits per heavy atom. The van der Waals surface area contributed by atoms with Crippen molar-refractivity contribution in [3.05, 3.63) is 0 Å². The van der Waals surface area contributed by atoms with Gasteiger partial charge in [0.2, 0.25) is 13.2 Å². The molecule has 54 valence electrons. The number of carbonyl (C=O) groups excluding carboxylic acids is 1. The van der Waals surface area contributed by atoms with Gasteiger partial charge in [-0.2, -0.15) is 0 Å². The van der Waals surface area contributed by atoms with Crippen LogP contribution in [-0.2, 0) is 13.5 Å². The van der Waals surface area contributed by atoms with Crippen LogP contribution in [0.2, 0.25) is 0 Å². The van der Waals surface area contributed by atoms with Gasteiger partial charge < -0.3 is 13.5 Å². The Balaban J connectivity index is 2.96. The number of hydrogen-bond donors (Lipinski definition) is 0. The molecule has 0 radical (unpaired) electrons. The fourth-order valence-corrected chi connectivity index (χ4v) is 0.536. The summed E-state index contributed by atoms with van der Waals surface area (Å²) in [7, 11) is 4.66. The molecule has 4 nitrogen and oxygen atoms in total. The van der Waals surface area contributed by atoms with Gasteiger partial charge in [-0.3, -0.25) is 4.79 Å². The lowest BCUT2D eigenvalue weighted by Crippen LogP contribution is -2.19. The largest absolute Gasteiger partial charge is 0.486 e. The fourth-order valence-electron chi connectivity index (χ4n) is 0.321. The van der Waals surface area contributed by atoms with Gasteiger partial charge in [0.15, 0.2) is 0 Å². The molecule has 0 heterocycles. The molecule has 0 bridgehead atoms. The van der Waals surface area contributed by atoms with E-state index in [9.17, 15) is 4.79 Å².